The number of rotatable bonds is 2. The SMILES string of the molecule is Cc1ccc(-c2ccc3nc(CO)cn3n2)cc1. The predicted molar refractivity (Wildman–Crippen MR) is 69.1 cm³/mol. The van der Waals surface area contributed by atoms with Crippen LogP contribution in [0.1, 0.15) is 11.3 Å². The van der Waals surface area contributed by atoms with Crippen molar-refractivity contribution < 1.29 is 5.11 Å². The van der Waals surface area contributed by atoms with E-state index in [2.05, 4.69) is 29.1 Å². The lowest BCUT2D eigenvalue weighted by Gasteiger charge is -2.01. The smallest absolute Gasteiger partial charge is 0.153 e. The zero-order valence-electron chi connectivity index (χ0n) is 10.0. The number of hydrogen-bond acceptors (Lipinski definition) is 3. The van der Waals surface area contributed by atoms with E-state index in [1.165, 1.54) is 5.56 Å². The van der Waals surface area contributed by atoms with E-state index < -0.39 is 0 Å². The van der Waals surface area contributed by atoms with Gasteiger partial charge in [0, 0.05) is 5.56 Å². The molecule has 3 aromatic rings. The first-order valence-electron chi connectivity index (χ1n) is 5.79. The van der Waals surface area contributed by atoms with Crippen LogP contribution >= 0.6 is 0 Å². The topological polar surface area (TPSA) is 50.4 Å². The van der Waals surface area contributed by atoms with Crippen LogP contribution in [0, 0.1) is 6.92 Å². The Morgan fingerprint density at radius 2 is 1.89 bits per heavy atom. The van der Waals surface area contributed by atoms with E-state index in [1.807, 2.05) is 24.3 Å². The van der Waals surface area contributed by atoms with E-state index in [0.717, 1.165) is 16.9 Å². The average Bonchev–Trinajstić information content (AvgIpc) is 2.81. The van der Waals surface area contributed by atoms with E-state index in [-0.39, 0.29) is 6.61 Å². The van der Waals surface area contributed by atoms with Crippen molar-refractivity contribution in [2.24, 2.45) is 0 Å². The molecule has 0 amide bonds. The molecule has 0 saturated heterocycles. The number of hydrogen-bond donors (Lipinski definition) is 1. The minimum atomic E-state index is -0.0662. The number of aromatic nitrogens is 3. The fraction of sp³-hybridized carbons (Fsp3) is 0.143. The highest BCUT2D eigenvalue weighted by Gasteiger charge is 2.04. The van der Waals surface area contributed by atoms with Crippen LogP contribution in [-0.4, -0.2) is 19.7 Å². The molecule has 0 radical (unpaired) electrons. The van der Waals surface area contributed by atoms with Gasteiger partial charge in [-0.15, -0.1) is 0 Å². The number of benzene rings is 1. The van der Waals surface area contributed by atoms with E-state index >= 15 is 0 Å². The molecule has 2 heterocycles. The van der Waals surface area contributed by atoms with Crippen LogP contribution in [0.5, 0.6) is 0 Å². The zero-order valence-corrected chi connectivity index (χ0v) is 10.0. The van der Waals surface area contributed by atoms with Crippen molar-refractivity contribution in [1.29, 1.82) is 0 Å². The van der Waals surface area contributed by atoms with Crippen molar-refractivity contribution in [2.75, 3.05) is 0 Å². The van der Waals surface area contributed by atoms with Gasteiger partial charge >= 0.3 is 0 Å². The second-order valence-corrected chi connectivity index (χ2v) is 4.28. The second-order valence-electron chi connectivity index (χ2n) is 4.28. The number of aryl methyl sites for hydroxylation is 1. The molecule has 0 aliphatic rings. The minimum Gasteiger partial charge on any atom is -0.390 e. The number of aliphatic hydroxyl groups excluding tert-OH is 1. The van der Waals surface area contributed by atoms with Crippen molar-refractivity contribution in [3.8, 4) is 11.3 Å². The Balaban J connectivity index is 2.09. The Kier molecular flexibility index (Phi) is 2.57. The molecule has 2 aromatic heterocycles. The molecule has 90 valence electrons. The molecule has 3 rings (SSSR count). The molecule has 1 N–H and O–H groups in total. The van der Waals surface area contributed by atoms with Crippen molar-refractivity contribution in [3.63, 3.8) is 0 Å². The van der Waals surface area contributed by atoms with Crippen LogP contribution in [0.25, 0.3) is 16.9 Å². The summed E-state index contributed by atoms with van der Waals surface area (Å²) in [7, 11) is 0. The summed E-state index contributed by atoms with van der Waals surface area (Å²) in [4.78, 5) is 4.23. The van der Waals surface area contributed by atoms with E-state index in [0.29, 0.717) is 5.69 Å². The van der Waals surface area contributed by atoms with Gasteiger partial charge in [0.05, 0.1) is 24.2 Å². The van der Waals surface area contributed by atoms with Crippen LogP contribution in [0.15, 0.2) is 42.6 Å². The third-order valence-corrected chi connectivity index (χ3v) is 2.88. The largest absolute Gasteiger partial charge is 0.390 e. The summed E-state index contributed by atoms with van der Waals surface area (Å²) in [5, 5.41) is 13.5. The van der Waals surface area contributed by atoms with Crippen LogP contribution in [0.2, 0.25) is 0 Å². The Morgan fingerprint density at radius 1 is 1.11 bits per heavy atom. The maximum absolute atomic E-state index is 9.05. The molecule has 1 aromatic carbocycles. The lowest BCUT2D eigenvalue weighted by atomic mass is 10.1. The molecule has 0 atom stereocenters. The van der Waals surface area contributed by atoms with Gasteiger partial charge in [0.1, 0.15) is 0 Å². The maximum Gasteiger partial charge on any atom is 0.153 e. The molecule has 0 fully saturated rings. The Labute approximate surface area is 105 Å². The summed E-state index contributed by atoms with van der Waals surface area (Å²) in [6.45, 7) is 1.99. The van der Waals surface area contributed by atoms with Crippen molar-refractivity contribution in [1.82, 2.24) is 14.6 Å². The quantitative estimate of drug-likeness (QED) is 0.745. The summed E-state index contributed by atoms with van der Waals surface area (Å²) in [5.41, 5.74) is 4.56. The summed E-state index contributed by atoms with van der Waals surface area (Å²) < 4.78 is 1.70. The second kappa shape index (κ2) is 4.23. The molecule has 0 aliphatic heterocycles. The molecule has 18 heavy (non-hydrogen) atoms. The summed E-state index contributed by atoms with van der Waals surface area (Å²) >= 11 is 0. The van der Waals surface area contributed by atoms with Gasteiger partial charge in [0.15, 0.2) is 5.65 Å². The molecular weight excluding hydrogens is 226 g/mol. The molecule has 4 nitrogen and oxygen atoms in total. The third kappa shape index (κ3) is 1.87. The summed E-state index contributed by atoms with van der Waals surface area (Å²) in [5.74, 6) is 0. The van der Waals surface area contributed by atoms with Gasteiger partial charge in [-0.3, -0.25) is 0 Å². The molecule has 0 unspecified atom stereocenters. The molecular formula is C14H13N3O. The number of imidazole rings is 1. The predicted octanol–water partition coefficient (Wildman–Crippen LogP) is 2.20. The number of aliphatic hydroxyl groups is 1. The lowest BCUT2D eigenvalue weighted by molar-refractivity contribution is 0.277. The van der Waals surface area contributed by atoms with Gasteiger partial charge in [-0.2, -0.15) is 5.10 Å². The third-order valence-electron chi connectivity index (χ3n) is 2.88. The summed E-state index contributed by atoms with van der Waals surface area (Å²) in [6.07, 6.45) is 1.74. The molecule has 0 aliphatic carbocycles. The van der Waals surface area contributed by atoms with Gasteiger partial charge in [0.25, 0.3) is 0 Å². The molecule has 0 spiro atoms. The standard InChI is InChI=1S/C14H13N3O/c1-10-2-4-11(5-3-10)13-6-7-14-15-12(9-18)8-17(14)16-13/h2-8,18H,9H2,1H3. The van der Waals surface area contributed by atoms with E-state index in [1.54, 1.807) is 10.7 Å². The van der Waals surface area contributed by atoms with Crippen LogP contribution in [0.4, 0.5) is 0 Å². The van der Waals surface area contributed by atoms with Gasteiger partial charge < -0.3 is 5.11 Å². The van der Waals surface area contributed by atoms with Crippen LogP contribution < -0.4 is 0 Å². The van der Waals surface area contributed by atoms with Gasteiger partial charge in [-0.25, -0.2) is 9.50 Å². The van der Waals surface area contributed by atoms with Gasteiger partial charge in [0.2, 0.25) is 0 Å². The minimum absolute atomic E-state index is 0.0662. The fourth-order valence-electron chi connectivity index (χ4n) is 1.89. The van der Waals surface area contributed by atoms with Crippen LogP contribution in [-0.2, 0) is 6.61 Å². The normalized spacial score (nSPS) is 11.0. The lowest BCUT2D eigenvalue weighted by Crippen LogP contribution is -1.92. The first-order valence-corrected chi connectivity index (χ1v) is 5.79. The average molecular weight is 239 g/mol. The monoisotopic (exact) mass is 239 g/mol. The Morgan fingerprint density at radius 3 is 2.61 bits per heavy atom. The number of fused-ring (bicyclic) bond motifs is 1. The van der Waals surface area contributed by atoms with E-state index in [4.69, 9.17) is 5.11 Å². The van der Waals surface area contributed by atoms with Crippen LogP contribution in [0.3, 0.4) is 0 Å². The highest BCUT2D eigenvalue weighted by molar-refractivity contribution is 5.60. The van der Waals surface area contributed by atoms with Crippen molar-refractivity contribution >= 4 is 5.65 Å². The molecule has 4 heteroatoms. The zero-order chi connectivity index (χ0) is 12.5. The molecule has 0 saturated carbocycles. The Hall–Kier alpha value is -2.20. The maximum atomic E-state index is 9.05. The first kappa shape index (κ1) is 10.9. The Bertz CT molecular complexity index is 686. The number of nitrogens with zero attached hydrogens (tertiary/aromatic N) is 3. The van der Waals surface area contributed by atoms with Crippen molar-refractivity contribution in [3.05, 3.63) is 53.9 Å². The fourth-order valence-corrected chi connectivity index (χ4v) is 1.89. The highest BCUT2D eigenvalue weighted by atomic mass is 16.3. The summed E-state index contributed by atoms with van der Waals surface area (Å²) in [6, 6.07) is 12.1. The molecule has 0 bridgehead atoms. The highest BCUT2D eigenvalue weighted by Crippen LogP contribution is 2.18. The van der Waals surface area contributed by atoms with E-state index in [9.17, 15) is 0 Å². The van der Waals surface area contributed by atoms with Gasteiger partial charge in [-0.05, 0) is 19.1 Å². The van der Waals surface area contributed by atoms with Crippen molar-refractivity contribution in [2.45, 2.75) is 13.5 Å². The van der Waals surface area contributed by atoms with Gasteiger partial charge in [-0.1, -0.05) is 29.8 Å². The first-order chi connectivity index (χ1) is 8.76.